The number of aromatic hydroxyl groups is 1. The number of hydrogen-bond acceptors (Lipinski definition) is 2. The Morgan fingerprint density at radius 1 is 1.00 bits per heavy atom. The average molecular weight is 236 g/mol. The van der Waals surface area contributed by atoms with Crippen LogP contribution in [0.5, 0.6) is 5.75 Å². The molecule has 0 heterocycles. The summed E-state index contributed by atoms with van der Waals surface area (Å²) in [6, 6.07) is 8.71. The van der Waals surface area contributed by atoms with Gasteiger partial charge in [-0.05, 0) is 12.1 Å². The van der Waals surface area contributed by atoms with Crippen LogP contribution in [-0.4, -0.2) is 124 Å². The van der Waals surface area contributed by atoms with E-state index < -0.39 is 6.16 Å². The molecule has 0 aliphatic carbocycles. The maximum absolute atomic E-state index is 8.63. The van der Waals surface area contributed by atoms with Gasteiger partial charge in [0.2, 0.25) is 0 Å². The summed E-state index contributed by atoms with van der Waals surface area (Å²) < 4.78 is 0. The molecule has 0 aliphatic heterocycles. The van der Waals surface area contributed by atoms with Crippen molar-refractivity contribution in [1.29, 1.82) is 0 Å². The van der Waals surface area contributed by atoms with Crippen molar-refractivity contribution in [2.24, 2.45) is 0 Å². The number of carbonyl (C=O) groups is 1. The second kappa shape index (κ2) is 13.6. The molecule has 0 saturated heterocycles. The fourth-order valence-electron chi connectivity index (χ4n) is 0.428. The number of carboxylic acid groups (broad SMARTS) is 2. The first kappa shape index (κ1) is 20.0. The van der Waals surface area contributed by atoms with E-state index in [0.29, 0.717) is 5.75 Å². The number of para-hydroxylation sites is 1. The van der Waals surface area contributed by atoms with Crippen molar-refractivity contribution in [2.45, 2.75) is 0 Å². The van der Waals surface area contributed by atoms with Crippen LogP contribution in [0.3, 0.4) is 0 Å². The Balaban J connectivity index is -0.000000150. The minimum atomic E-state index is -1.83. The van der Waals surface area contributed by atoms with Gasteiger partial charge in [-0.2, -0.15) is 0 Å². The van der Waals surface area contributed by atoms with Gasteiger partial charge in [0, 0.05) is 0 Å². The van der Waals surface area contributed by atoms with Crippen molar-refractivity contribution in [1.82, 2.24) is 0 Å². The van der Waals surface area contributed by atoms with E-state index in [-0.39, 0.29) is 103 Å². The van der Waals surface area contributed by atoms with E-state index >= 15 is 0 Å². The molecule has 0 spiro atoms. The van der Waals surface area contributed by atoms with Gasteiger partial charge in [0.25, 0.3) is 0 Å². The average Bonchev–Trinajstić information content (AvgIpc) is 1.87. The van der Waals surface area contributed by atoms with E-state index in [2.05, 4.69) is 0 Å². The Hall–Kier alpha value is 1.56. The Morgan fingerprint density at radius 2 is 1.31 bits per heavy atom. The molecule has 3 N–H and O–H groups in total. The van der Waals surface area contributed by atoms with Gasteiger partial charge in [0.15, 0.2) is 0 Å². The molecule has 0 radical (unpaired) electrons. The monoisotopic (exact) mass is 236 g/mol. The standard InChI is InChI=1S/C6H6O.CH2O3.2K.2H/c7-6-4-2-1-3-5-6;2-1(3)4;;;;/h1-5,7H;(H2,2,3,4);;;;. The third-order valence-electron chi connectivity index (χ3n) is 0.756. The van der Waals surface area contributed by atoms with Crippen molar-refractivity contribution in [3.05, 3.63) is 30.3 Å². The van der Waals surface area contributed by atoms with Crippen molar-refractivity contribution < 1.29 is 20.1 Å². The minimum absolute atomic E-state index is 0. The van der Waals surface area contributed by atoms with E-state index in [1.807, 2.05) is 6.07 Å². The summed E-state index contributed by atoms with van der Waals surface area (Å²) in [5, 5.41) is 22.6. The second-order valence-corrected chi connectivity index (χ2v) is 1.62. The van der Waals surface area contributed by atoms with Gasteiger partial charge in [0.1, 0.15) is 5.75 Å². The van der Waals surface area contributed by atoms with Crippen LogP contribution in [0.4, 0.5) is 4.79 Å². The zero-order valence-corrected chi connectivity index (χ0v) is 5.64. The molecule has 0 fully saturated rings. The summed E-state index contributed by atoms with van der Waals surface area (Å²) >= 11 is 0. The zero-order valence-electron chi connectivity index (χ0n) is 5.64. The van der Waals surface area contributed by atoms with Gasteiger partial charge in [-0.25, -0.2) is 4.79 Å². The first-order valence-corrected chi connectivity index (χ1v) is 2.79. The molecule has 1 rings (SSSR count). The SMILES string of the molecule is O=C(O)O.Oc1ccccc1.[KH].[KH]. The molecule has 0 saturated carbocycles. The van der Waals surface area contributed by atoms with Crippen LogP contribution in [-0.2, 0) is 0 Å². The van der Waals surface area contributed by atoms with E-state index in [1.165, 1.54) is 0 Å². The third kappa shape index (κ3) is 19.8. The van der Waals surface area contributed by atoms with Crippen LogP contribution >= 0.6 is 0 Å². The zero-order chi connectivity index (χ0) is 8.69. The van der Waals surface area contributed by atoms with Crippen molar-refractivity contribution in [2.75, 3.05) is 0 Å². The fraction of sp³-hybridized carbons (Fsp3) is 0. The summed E-state index contributed by atoms with van der Waals surface area (Å²) in [5.41, 5.74) is 0. The molecule has 64 valence electrons. The summed E-state index contributed by atoms with van der Waals surface area (Å²) in [5.74, 6) is 0.322. The first-order valence-electron chi connectivity index (χ1n) is 2.79. The van der Waals surface area contributed by atoms with Crippen LogP contribution in [0.2, 0.25) is 0 Å². The van der Waals surface area contributed by atoms with Crippen LogP contribution in [0.25, 0.3) is 0 Å². The summed E-state index contributed by atoms with van der Waals surface area (Å²) in [7, 11) is 0. The van der Waals surface area contributed by atoms with E-state index in [0.717, 1.165) is 0 Å². The van der Waals surface area contributed by atoms with E-state index in [4.69, 9.17) is 20.1 Å². The van der Waals surface area contributed by atoms with Crippen LogP contribution < -0.4 is 0 Å². The molecule has 1 aromatic rings. The molecule has 0 aliphatic rings. The Kier molecular flexibility index (Phi) is 20.9. The second-order valence-electron chi connectivity index (χ2n) is 1.62. The van der Waals surface area contributed by atoms with E-state index in [1.54, 1.807) is 24.3 Å². The molecular weight excluding hydrogens is 226 g/mol. The van der Waals surface area contributed by atoms with Gasteiger partial charge < -0.3 is 15.3 Å². The summed E-state index contributed by atoms with van der Waals surface area (Å²) in [6.07, 6.45) is -1.83. The van der Waals surface area contributed by atoms with Crippen molar-refractivity contribution in [3.63, 3.8) is 0 Å². The molecule has 13 heavy (non-hydrogen) atoms. The third-order valence-corrected chi connectivity index (χ3v) is 0.756. The molecule has 4 nitrogen and oxygen atoms in total. The molecule has 0 bridgehead atoms. The predicted octanol–water partition coefficient (Wildman–Crippen LogP) is 0.318. The Morgan fingerprint density at radius 3 is 1.46 bits per heavy atom. The molecule has 0 aromatic heterocycles. The number of rotatable bonds is 0. The molecular formula is C7H10K2O4. The van der Waals surface area contributed by atoms with Crippen LogP contribution in [0, 0.1) is 0 Å². The number of phenolic OH excluding ortho intramolecular Hbond substituents is 1. The van der Waals surface area contributed by atoms with E-state index in [9.17, 15) is 0 Å². The van der Waals surface area contributed by atoms with Crippen molar-refractivity contribution >= 4 is 109 Å². The van der Waals surface area contributed by atoms with Crippen LogP contribution in [0.1, 0.15) is 0 Å². The number of phenols is 1. The van der Waals surface area contributed by atoms with Gasteiger partial charge in [-0.3, -0.25) is 0 Å². The molecule has 0 amide bonds. The molecule has 0 atom stereocenters. The number of hydrogen-bond donors (Lipinski definition) is 3. The molecule has 0 unspecified atom stereocenters. The van der Waals surface area contributed by atoms with Crippen LogP contribution in [0.15, 0.2) is 30.3 Å². The van der Waals surface area contributed by atoms with Gasteiger partial charge in [0.05, 0.1) is 0 Å². The first-order chi connectivity index (χ1) is 5.13. The normalized spacial score (nSPS) is 6.46. The van der Waals surface area contributed by atoms with Gasteiger partial charge in [-0.15, -0.1) is 0 Å². The molecule has 6 heteroatoms. The summed E-state index contributed by atoms with van der Waals surface area (Å²) in [6.45, 7) is 0. The van der Waals surface area contributed by atoms with Crippen molar-refractivity contribution in [3.8, 4) is 5.75 Å². The maximum atomic E-state index is 8.63. The molecule has 1 aromatic carbocycles. The topological polar surface area (TPSA) is 77.8 Å². The van der Waals surface area contributed by atoms with Gasteiger partial charge >= 0.3 is 109 Å². The fourth-order valence-corrected chi connectivity index (χ4v) is 0.428. The summed E-state index contributed by atoms with van der Waals surface area (Å²) in [4.78, 5) is 8.56. The predicted molar refractivity (Wildman–Crippen MR) is 53.1 cm³/mol. The van der Waals surface area contributed by atoms with Gasteiger partial charge in [-0.1, -0.05) is 18.2 Å². The Labute approximate surface area is 161 Å². The Bertz CT molecular complexity index is 211. The number of benzene rings is 1. The quantitative estimate of drug-likeness (QED) is 0.567.